The predicted octanol–water partition coefficient (Wildman–Crippen LogP) is -0.489. The fourth-order valence-electron chi connectivity index (χ4n) is 3.62. The highest BCUT2D eigenvalue weighted by molar-refractivity contribution is 5.77. The van der Waals surface area contributed by atoms with Gasteiger partial charge in [-0.2, -0.15) is 0 Å². The summed E-state index contributed by atoms with van der Waals surface area (Å²) in [5.74, 6) is -0.937. The van der Waals surface area contributed by atoms with Crippen LogP contribution in [0.5, 0.6) is 0 Å². The number of hydrogen-bond acceptors (Lipinski definition) is 10. The molecule has 2 aliphatic rings. The van der Waals surface area contributed by atoms with Gasteiger partial charge in [0.25, 0.3) is 0 Å². The third-order valence-electron chi connectivity index (χ3n) is 5.54. The van der Waals surface area contributed by atoms with Crippen LogP contribution in [0.25, 0.3) is 0 Å². The molecule has 16 nitrogen and oxygen atoms in total. The molecule has 2 heterocycles. The molecule has 0 saturated carbocycles. The Morgan fingerprint density at radius 2 is 0.967 bits per heavy atom. The fourth-order valence-corrected chi connectivity index (χ4v) is 3.62. The molecule has 0 radical (unpaired) electrons. The summed E-state index contributed by atoms with van der Waals surface area (Å²) in [6, 6.07) is 0. The van der Waals surface area contributed by atoms with Gasteiger partial charge in [0.05, 0.1) is 0 Å². The van der Waals surface area contributed by atoms with E-state index in [0.29, 0.717) is 0 Å². The summed E-state index contributed by atoms with van der Waals surface area (Å²) < 4.78 is 0. The third-order valence-corrected chi connectivity index (χ3v) is 5.54. The maximum absolute atomic E-state index is 12.0. The molecule has 30 heavy (non-hydrogen) atoms. The van der Waals surface area contributed by atoms with Crippen LogP contribution in [0.15, 0.2) is 0 Å². The molecule has 16 heteroatoms. The van der Waals surface area contributed by atoms with Crippen LogP contribution in [0.1, 0.15) is 38.5 Å². The number of unbranched alkanes of at least 4 members (excludes halogenated alkanes) is 1. The zero-order valence-corrected chi connectivity index (χ0v) is 15.8. The van der Waals surface area contributed by atoms with Crippen LogP contribution in [0.3, 0.4) is 0 Å². The molecule has 0 aromatic rings. The molecule has 0 bridgehead atoms. The fraction of sp³-hybridized carbons (Fsp3) is 0.857. The first kappa shape index (κ1) is 22.8. The van der Waals surface area contributed by atoms with E-state index < -0.39 is 68.8 Å². The molecule has 0 aromatic heterocycles. The lowest BCUT2D eigenvalue weighted by Crippen LogP contribution is -2.60. The van der Waals surface area contributed by atoms with E-state index in [-0.39, 0.29) is 38.8 Å². The van der Waals surface area contributed by atoms with E-state index in [0.717, 1.165) is 9.80 Å². The Kier molecular flexibility index (Phi) is 6.47. The standard InChI is InChI=1S/C14H20N6O10/c21-11-3-5-13(17(23)24,18(25)26)9-15(11)7-1-2-8-16-10-14(19(27)28,20(29)30)6-4-12(16)22/h1-10H2. The first-order valence-corrected chi connectivity index (χ1v) is 9.10. The van der Waals surface area contributed by atoms with Crippen LogP contribution in [0, 0.1) is 40.5 Å². The molecule has 0 atom stereocenters. The summed E-state index contributed by atoms with van der Waals surface area (Å²) >= 11 is 0. The Morgan fingerprint density at radius 1 is 0.667 bits per heavy atom. The molecule has 0 aromatic carbocycles. The number of amides is 2. The summed E-state index contributed by atoms with van der Waals surface area (Å²) in [6.07, 6.45) is -1.31. The highest BCUT2D eigenvalue weighted by atomic mass is 16.7. The van der Waals surface area contributed by atoms with E-state index in [9.17, 15) is 50.0 Å². The number of nitrogens with zero attached hydrogens (tertiary/aromatic N) is 6. The summed E-state index contributed by atoms with van der Waals surface area (Å²) in [5.41, 5.74) is -4.93. The number of carbonyl (C=O) groups is 2. The SMILES string of the molecule is O=C1CCC([N+](=O)[O-])([N+](=O)[O-])CN1CCCCN1CC([N+](=O)[O-])([N+](=O)[O-])CCC1=O. The predicted molar refractivity (Wildman–Crippen MR) is 94.3 cm³/mol. The minimum atomic E-state index is -2.46. The Hall–Kier alpha value is -3.46. The maximum Gasteiger partial charge on any atom is 0.475 e. The van der Waals surface area contributed by atoms with Crippen LogP contribution in [0.2, 0.25) is 0 Å². The number of carbonyl (C=O) groups excluding carboxylic acids is 2. The quantitative estimate of drug-likeness (QED) is 0.197. The second-order valence-electron chi connectivity index (χ2n) is 7.33. The van der Waals surface area contributed by atoms with Crippen LogP contribution in [0.4, 0.5) is 0 Å². The van der Waals surface area contributed by atoms with E-state index in [4.69, 9.17) is 0 Å². The van der Waals surface area contributed by atoms with Gasteiger partial charge in [-0.15, -0.1) is 0 Å². The monoisotopic (exact) mass is 432 g/mol. The molecule has 2 aliphatic heterocycles. The number of rotatable bonds is 9. The lowest BCUT2D eigenvalue weighted by atomic mass is 9.98. The van der Waals surface area contributed by atoms with Gasteiger partial charge in [-0.1, -0.05) is 0 Å². The van der Waals surface area contributed by atoms with Crippen molar-refractivity contribution in [3.05, 3.63) is 40.5 Å². The van der Waals surface area contributed by atoms with E-state index >= 15 is 0 Å². The Balaban J connectivity index is 1.94. The Labute approximate surface area is 168 Å². The van der Waals surface area contributed by atoms with Gasteiger partial charge in [-0.3, -0.25) is 50.0 Å². The second-order valence-corrected chi connectivity index (χ2v) is 7.33. The molecule has 0 aliphatic carbocycles. The minimum absolute atomic E-state index is 0.0418. The smallest absolute Gasteiger partial charge is 0.329 e. The van der Waals surface area contributed by atoms with Crippen LogP contribution >= 0.6 is 0 Å². The topological polar surface area (TPSA) is 213 Å². The average Bonchev–Trinajstić information content (AvgIpc) is 2.67. The number of nitro groups is 4. The lowest BCUT2D eigenvalue weighted by molar-refractivity contribution is -0.798. The molecular formula is C14H20N6O10. The van der Waals surface area contributed by atoms with Crippen molar-refractivity contribution in [2.45, 2.75) is 49.9 Å². The van der Waals surface area contributed by atoms with Crippen molar-refractivity contribution in [2.24, 2.45) is 0 Å². The van der Waals surface area contributed by atoms with Gasteiger partial charge in [0.2, 0.25) is 11.8 Å². The first-order valence-electron chi connectivity index (χ1n) is 9.10. The highest BCUT2D eigenvalue weighted by Gasteiger charge is 2.61. The Bertz CT molecular complexity index is 693. The van der Waals surface area contributed by atoms with Gasteiger partial charge in [-0.25, -0.2) is 0 Å². The van der Waals surface area contributed by atoms with Crippen molar-refractivity contribution in [3.63, 3.8) is 0 Å². The molecule has 166 valence electrons. The van der Waals surface area contributed by atoms with Crippen molar-refractivity contribution < 1.29 is 29.3 Å². The largest absolute Gasteiger partial charge is 0.475 e. The van der Waals surface area contributed by atoms with Crippen molar-refractivity contribution in [1.29, 1.82) is 0 Å². The summed E-state index contributed by atoms with van der Waals surface area (Å²) in [7, 11) is 0. The molecule has 2 amide bonds. The van der Waals surface area contributed by atoms with Crippen molar-refractivity contribution in [3.8, 4) is 0 Å². The second kappa shape index (κ2) is 8.50. The van der Waals surface area contributed by atoms with Gasteiger partial charge >= 0.3 is 11.3 Å². The molecule has 2 fully saturated rings. The van der Waals surface area contributed by atoms with Gasteiger partial charge in [-0.05, 0) is 12.8 Å². The molecule has 0 N–H and O–H groups in total. The number of likely N-dealkylation sites (tertiary alicyclic amines) is 2. The average molecular weight is 432 g/mol. The highest BCUT2D eigenvalue weighted by Crippen LogP contribution is 2.28. The first-order chi connectivity index (χ1) is 14.0. The van der Waals surface area contributed by atoms with Gasteiger partial charge in [0, 0.05) is 25.9 Å². The summed E-state index contributed by atoms with van der Waals surface area (Å²) in [5, 5.41) is 44.7. The Morgan fingerprint density at radius 3 is 1.23 bits per heavy atom. The van der Waals surface area contributed by atoms with Crippen LogP contribution in [-0.4, -0.2) is 78.8 Å². The zero-order chi connectivity index (χ0) is 22.7. The summed E-state index contributed by atoms with van der Waals surface area (Å²) in [4.78, 5) is 66.7. The van der Waals surface area contributed by atoms with Crippen LogP contribution in [-0.2, 0) is 9.59 Å². The van der Waals surface area contributed by atoms with Gasteiger partial charge in [0.15, 0.2) is 13.1 Å². The van der Waals surface area contributed by atoms with Crippen molar-refractivity contribution in [2.75, 3.05) is 26.2 Å². The van der Waals surface area contributed by atoms with E-state index in [2.05, 4.69) is 0 Å². The number of hydrogen-bond donors (Lipinski definition) is 0. The lowest BCUT2D eigenvalue weighted by Gasteiger charge is -2.32. The molecular weight excluding hydrogens is 412 g/mol. The van der Waals surface area contributed by atoms with Crippen molar-refractivity contribution >= 4 is 11.8 Å². The number of piperidine rings is 2. The van der Waals surface area contributed by atoms with Gasteiger partial charge in [0.1, 0.15) is 32.5 Å². The zero-order valence-electron chi connectivity index (χ0n) is 15.8. The normalized spacial score (nSPS) is 20.7. The third kappa shape index (κ3) is 4.11. The van der Waals surface area contributed by atoms with Crippen LogP contribution < -0.4 is 0 Å². The van der Waals surface area contributed by atoms with E-state index in [1.54, 1.807) is 0 Å². The van der Waals surface area contributed by atoms with Crippen molar-refractivity contribution in [1.82, 2.24) is 9.80 Å². The maximum atomic E-state index is 12.0. The molecule has 0 spiro atoms. The molecule has 2 rings (SSSR count). The van der Waals surface area contributed by atoms with Gasteiger partial charge < -0.3 is 9.80 Å². The minimum Gasteiger partial charge on any atom is -0.329 e. The van der Waals surface area contributed by atoms with E-state index in [1.165, 1.54) is 0 Å². The molecule has 0 unspecified atom stereocenters. The summed E-state index contributed by atoms with van der Waals surface area (Å²) in [6.45, 7) is -1.44. The molecule has 2 saturated heterocycles. The van der Waals surface area contributed by atoms with E-state index in [1.807, 2.05) is 0 Å².